The minimum atomic E-state index is -0.227. The van der Waals surface area contributed by atoms with Gasteiger partial charge in [0.05, 0.1) is 0 Å². The van der Waals surface area contributed by atoms with Gasteiger partial charge in [-0.15, -0.1) is 0 Å². The van der Waals surface area contributed by atoms with Gasteiger partial charge in [-0.1, -0.05) is 54.2 Å². The molecule has 0 fully saturated rings. The van der Waals surface area contributed by atoms with Crippen molar-refractivity contribution < 1.29 is 4.39 Å². The van der Waals surface area contributed by atoms with Crippen LogP contribution in [0.1, 0.15) is 64.2 Å². The first-order valence-electron chi connectivity index (χ1n) is 9.61. The average molecular weight is 361 g/mol. The van der Waals surface area contributed by atoms with Crippen LogP contribution < -0.4 is 10.6 Å². The van der Waals surface area contributed by atoms with Crippen LogP contribution in [0.5, 0.6) is 0 Å². The second kappa shape index (κ2) is 9.25. The third-order valence-corrected chi connectivity index (χ3v) is 5.29. The van der Waals surface area contributed by atoms with Crippen LogP contribution in [-0.2, 0) is 0 Å². The van der Waals surface area contributed by atoms with Crippen LogP contribution in [0.2, 0.25) is 0 Å². The predicted octanol–water partition coefficient (Wildman–Crippen LogP) is 5.96. The first-order valence-corrected chi connectivity index (χ1v) is 9.61. The lowest BCUT2D eigenvalue weighted by Crippen LogP contribution is -2.41. The van der Waals surface area contributed by atoms with Gasteiger partial charge < -0.3 is 10.6 Å². The Morgan fingerprint density at radius 2 is 1.73 bits per heavy atom. The van der Waals surface area contributed by atoms with Gasteiger partial charge in [0.15, 0.2) is 0 Å². The quantitative estimate of drug-likeness (QED) is 0.538. The third-order valence-electron chi connectivity index (χ3n) is 5.29. The molecule has 2 nitrogen and oxygen atoms in total. The largest absolute Gasteiger partial charge is 0.387 e. The fraction of sp³-hybridized carbons (Fsp3) is 0.565. The Labute approximate surface area is 160 Å². The van der Waals surface area contributed by atoms with E-state index in [1.54, 1.807) is 6.07 Å². The summed E-state index contributed by atoms with van der Waals surface area (Å²) < 4.78 is 14.3. The van der Waals surface area contributed by atoms with Crippen LogP contribution in [0, 0.1) is 31.0 Å². The molecule has 3 heteroatoms. The van der Waals surface area contributed by atoms with Gasteiger partial charge in [0.1, 0.15) is 5.82 Å². The molecule has 0 aliphatic carbocycles. The Balaban J connectivity index is 2.75. The summed E-state index contributed by atoms with van der Waals surface area (Å²) in [7, 11) is 0. The van der Waals surface area contributed by atoms with Gasteiger partial charge >= 0.3 is 0 Å². The van der Waals surface area contributed by atoms with Crippen LogP contribution in [0.4, 0.5) is 4.39 Å². The molecular formula is C23H37FN2. The van der Waals surface area contributed by atoms with Gasteiger partial charge in [-0.25, -0.2) is 4.39 Å². The van der Waals surface area contributed by atoms with E-state index in [1.165, 1.54) is 0 Å². The van der Waals surface area contributed by atoms with E-state index in [1.807, 2.05) is 19.9 Å². The van der Waals surface area contributed by atoms with Crippen LogP contribution >= 0.6 is 0 Å². The van der Waals surface area contributed by atoms with E-state index < -0.39 is 0 Å². The summed E-state index contributed by atoms with van der Waals surface area (Å²) in [4.78, 5) is 0. The lowest BCUT2D eigenvalue weighted by molar-refractivity contribution is 0.335. The molecule has 0 aliphatic heterocycles. The highest BCUT2D eigenvalue weighted by Gasteiger charge is 2.19. The van der Waals surface area contributed by atoms with E-state index in [-0.39, 0.29) is 17.3 Å². The van der Waals surface area contributed by atoms with Gasteiger partial charge in [0.25, 0.3) is 0 Å². The fourth-order valence-corrected chi connectivity index (χ4v) is 2.79. The summed E-state index contributed by atoms with van der Waals surface area (Å²) >= 11 is 0. The molecule has 26 heavy (non-hydrogen) atoms. The van der Waals surface area contributed by atoms with Crippen LogP contribution in [0.25, 0.3) is 5.70 Å². The highest BCUT2D eigenvalue weighted by Crippen LogP contribution is 2.27. The zero-order chi connectivity index (χ0) is 20.1. The number of halogens is 1. The summed E-state index contributed by atoms with van der Waals surface area (Å²) in [6, 6.07) is 3.59. The van der Waals surface area contributed by atoms with Crippen LogP contribution in [-0.4, -0.2) is 12.6 Å². The Kier molecular flexibility index (Phi) is 7.92. The molecule has 0 radical (unpaired) electrons. The van der Waals surface area contributed by atoms with Crippen molar-refractivity contribution >= 4 is 5.70 Å². The minimum absolute atomic E-state index is 0.144. The second-order valence-corrected chi connectivity index (χ2v) is 8.57. The SMILES string of the molecule is C=C(CC(C)(C)CC)NCC(NC(=C)c1cc(C)c(C)cc1F)C(C)C. The molecule has 0 saturated heterocycles. The number of allylic oxidation sites excluding steroid dienone is 1. The summed E-state index contributed by atoms with van der Waals surface area (Å²) in [5.74, 6) is 0.149. The molecule has 0 amide bonds. The van der Waals surface area contributed by atoms with Crippen molar-refractivity contribution in [1.29, 1.82) is 0 Å². The maximum atomic E-state index is 14.3. The summed E-state index contributed by atoms with van der Waals surface area (Å²) in [5.41, 5.74) is 4.49. The standard InChI is InChI=1S/C23H37FN2/c1-10-23(8,9)13-18(6)25-14-22(15(2)3)26-19(7)20-11-16(4)17(5)12-21(20)24/h11-12,15,22,25-26H,6-7,10,13-14H2,1-5,8-9H3. The van der Waals surface area contributed by atoms with Crippen molar-refractivity contribution in [3.05, 3.63) is 53.5 Å². The predicted molar refractivity (Wildman–Crippen MR) is 113 cm³/mol. The summed E-state index contributed by atoms with van der Waals surface area (Å²) in [6.07, 6.45) is 2.06. The summed E-state index contributed by atoms with van der Waals surface area (Å²) in [5, 5.41) is 6.87. The fourth-order valence-electron chi connectivity index (χ4n) is 2.79. The Bertz CT molecular complexity index is 644. The monoisotopic (exact) mass is 360 g/mol. The van der Waals surface area contributed by atoms with Gasteiger partial charge in [0, 0.05) is 29.5 Å². The Morgan fingerprint density at radius 1 is 1.15 bits per heavy atom. The first-order chi connectivity index (χ1) is 12.0. The minimum Gasteiger partial charge on any atom is -0.387 e. The van der Waals surface area contributed by atoms with Gasteiger partial charge in [-0.2, -0.15) is 0 Å². The zero-order valence-corrected chi connectivity index (χ0v) is 17.7. The topological polar surface area (TPSA) is 24.1 Å². The van der Waals surface area contributed by atoms with E-state index in [0.29, 0.717) is 17.2 Å². The van der Waals surface area contributed by atoms with Crippen molar-refractivity contribution in [2.75, 3.05) is 6.54 Å². The maximum absolute atomic E-state index is 14.3. The average Bonchev–Trinajstić information content (AvgIpc) is 2.53. The molecule has 1 rings (SSSR count). The molecule has 1 atom stereocenters. The maximum Gasteiger partial charge on any atom is 0.132 e. The normalized spacial score (nSPS) is 12.8. The second-order valence-electron chi connectivity index (χ2n) is 8.57. The molecule has 1 unspecified atom stereocenters. The van der Waals surface area contributed by atoms with E-state index in [9.17, 15) is 4.39 Å². The molecular weight excluding hydrogens is 323 g/mol. The number of benzene rings is 1. The molecule has 0 bridgehead atoms. The van der Waals surface area contributed by atoms with Crippen molar-refractivity contribution in [2.45, 2.75) is 67.3 Å². The molecule has 2 N–H and O–H groups in total. The number of rotatable bonds is 10. The van der Waals surface area contributed by atoms with Gasteiger partial charge in [-0.3, -0.25) is 0 Å². The molecule has 1 aromatic carbocycles. The van der Waals surface area contributed by atoms with Crippen LogP contribution in [0.3, 0.4) is 0 Å². The van der Waals surface area contributed by atoms with E-state index >= 15 is 0 Å². The van der Waals surface area contributed by atoms with Gasteiger partial charge in [0.2, 0.25) is 0 Å². The summed E-state index contributed by atoms with van der Waals surface area (Å²) in [6.45, 7) is 23.9. The molecule has 146 valence electrons. The van der Waals surface area contributed by atoms with E-state index in [0.717, 1.165) is 36.2 Å². The molecule has 0 aromatic heterocycles. The van der Waals surface area contributed by atoms with Crippen LogP contribution in [0.15, 0.2) is 31.0 Å². The first kappa shape index (κ1) is 22.3. The number of aryl methyl sites for hydroxylation is 2. The van der Waals surface area contributed by atoms with E-state index in [2.05, 4.69) is 58.4 Å². The highest BCUT2D eigenvalue weighted by molar-refractivity contribution is 5.63. The third kappa shape index (κ3) is 6.51. The molecule has 0 heterocycles. The molecule has 0 saturated carbocycles. The zero-order valence-electron chi connectivity index (χ0n) is 17.7. The van der Waals surface area contributed by atoms with Crippen molar-refractivity contribution in [3.8, 4) is 0 Å². The van der Waals surface area contributed by atoms with Crippen molar-refractivity contribution in [3.63, 3.8) is 0 Å². The Morgan fingerprint density at radius 3 is 2.27 bits per heavy atom. The van der Waals surface area contributed by atoms with Crippen molar-refractivity contribution in [1.82, 2.24) is 10.6 Å². The molecule has 0 aliphatic rings. The van der Waals surface area contributed by atoms with Gasteiger partial charge in [-0.05, 0) is 54.9 Å². The van der Waals surface area contributed by atoms with E-state index in [4.69, 9.17) is 0 Å². The number of hydrogen-bond acceptors (Lipinski definition) is 2. The smallest absolute Gasteiger partial charge is 0.132 e. The lowest BCUT2D eigenvalue weighted by atomic mass is 9.85. The Hall–Kier alpha value is -1.77. The number of nitrogens with one attached hydrogen (secondary N) is 2. The highest BCUT2D eigenvalue weighted by atomic mass is 19.1. The molecule has 0 spiro atoms. The lowest BCUT2D eigenvalue weighted by Gasteiger charge is -2.29. The molecule has 1 aromatic rings. The van der Waals surface area contributed by atoms with Crippen molar-refractivity contribution in [2.24, 2.45) is 11.3 Å². The number of hydrogen-bond donors (Lipinski definition) is 2.